The highest BCUT2D eigenvalue weighted by Crippen LogP contribution is 2.46. The summed E-state index contributed by atoms with van der Waals surface area (Å²) < 4.78 is 18.5. The number of imidazole rings is 1. The van der Waals surface area contributed by atoms with Gasteiger partial charge in [0, 0.05) is 52.5 Å². The Kier molecular flexibility index (Phi) is 7.24. The number of hydrogen-bond donors (Lipinski definition) is 0. The van der Waals surface area contributed by atoms with Gasteiger partial charge in [0.2, 0.25) is 0 Å². The summed E-state index contributed by atoms with van der Waals surface area (Å²) in [6.45, 7) is 0. The molecule has 5 nitrogen and oxygen atoms in total. The molecule has 0 fully saturated rings. The van der Waals surface area contributed by atoms with E-state index >= 15 is 0 Å². The molecule has 0 amide bonds. The molecule has 1 atom stereocenters. The van der Waals surface area contributed by atoms with Crippen molar-refractivity contribution in [2.75, 3.05) is 0 Å². The first-order valence-electron chi connectivity index (χ1n) is 17.0. The number of carbonyl (C=O) groups is 1. The van der Waals surface area contributed by atoms with Crippen molar-refractivity contribution in [2.45, 2.75) is 24.8 Å². The SMILES string of the molecule is O=C1CCc2cc(-c3cnc4ccc(-c5cn(C(c6ccccc6)(c6ccccc6)C6C=CC=CC6)nc5-c5ccc(F)cc5)cn34)ccc21. The predicted molar refractivity (Wildman–Crippen MR) is 195 cm³/mol. The minimum atomic E-state index is -0.692. The summed E-state index contributed by atoms with van der Waals surface area (Å²) in [5, 5.41) is 5.46. The van der Waals surface area contributed by atoms with E-state index in [9.17, 15) is 9.18 Å². The molecular formula is C44H33FN4O. The molecule has 0 N–H and O–H groups in total. The number of Topliss-reactive ketones (excluding diaryl/α,β-unsaturated/α-hetero) is 1. The number of aryl methyl sites for hydroxylation is 1. The molecule has 6 heteroatoms. The van der Waals surface area contributed by atoms with Crippen molar-refractivity contribution in [3.63, 3.8) is 0 Å². The minimum absolute atomic E-state index is 0.0561. The quantitative estimate of drug-likeness (QED) is 0.172. The zero-order valence-electron chi connectivity index (χ0n) is 27.3. The van der Waals surface area contributed by atoms with Crippen LogP contribution in [0.25, 0.3) is 39.3 Å². The summed E-state index contributed by atoms with van der Waals surface area (Å²) in [4.78, 5) is 17.1. The van der Waals surface area contributed by atoms with Gasteiger partial charge in [-0.3, -0.25) is 13.9 Å². The number of halogens is 1. The van der Waals surface area contributed by atoms with E-state index in [1.54, 1.807) is 12.1 Å². The number of hydrogen-bond acceptors (Lipinski definition) is 3. The summed E-state index contributed by atoms with van der Waals surface area (Å²) in [5.41, 5.74) is 9.70. The third-order valence-corrected chi connectivity index (χ3v) is 10.3. The Labute approximate surface area is 289 Å². The van der Waals surface area contributed by atoms with Gasteiger partial charge in [-0.2, -0.15) is 5.10 Å². The molecule has 0 aliphatic heterocycles. The van der Waals surface area contributed by atoms with Crippen molar-refractivity contribution in [1.29, 1.82) is 0 Å². The lowest BCUT2D eigenvalue weighted by molar-refractivity contribution is 0.0994. The molecule has 0 spiro atoms. The van der Waals surface area contributed by atoms with Gasteiger partial charge >= 0.3 is 0 Å². The predicted octanol–water partition coefficient (Wildman–Crippen LogP) is 9.72. The molecule has 1 unspecified atom stereocenters. The first-order valence-corrected chi connectivity index (χ1v) is 17.0. The van der Waals surface area contributed by atoms with Crippen LogP contribution in [0, 0.1) is 11.7 Å². The van der Waals surface area contributed by atoms with Gasteiger partial charge < -0.3 is 0 Å². The van der Waals surface area contributed by atoms with Crippen LogP contribution < -0.4 is 0 Å². The van der Waals surface area contributed by atoms with Crippen molar-refractivity contribution in [3.05, 3.63) is 186 Å². The van der Waals surface area contributed by atoms with E-state index in [1.165, 1.54) is 12.1 Å². The Morgan fingerprint density at radius 1 is 0.720 bits per heavy atom. The second kappa shape index (κ2) is 12.1. The van der Waals surface area contributed by atoms with Gasteiger partial charge in [0.25, 0.3) is 0 Å². The lowest BCUT2D eigenvalue weighted by Crippen LogP contribution is -2.43. The Morgan fingerprint density at radius 2 is 1.44 bits per heavy atom. The number of nitrogens with zero attached hydrogens (tertiary/aromatic N) is 4. The minimum Gasteiger partial charge on any atom is -0.299 e. The number of fused-ring (bicyclic) bond motifs is 2. The van der Waals surface area contributed by atoms with E-state index in [4.69, 9.17) is 10.1 Å². The number of benzene rings is 4. The molecule has 4 aromatic carbocycles. The molecule has 3 heterocycles. The van der Waals surface area contributed by atoms with Gasteiger partial charge in [0.15, 0.2) is 5.78 Å². The van der Waals surface area contributed by atoms with Crippen LogP contribution in [-0.2, 0) is 12.0 Å². The summed E-state index contributed by atoms with van der Waals surface area (Å²) >= 11 is 0. The third kappa shape index (κ3) is 4.86. The van der Waals surface area contributed by atoms with Gasteiger partial charge in [-0.25, -0.2) is 9.37 Å². The first-order chi connectivity index (χ1) is 24.6. The summed E-state index contributed by atoms with van der Waals surface area (Å²) in [6, 6.07) is 38.0. The lowest BCUT2D eigenvalue weighted by atomic mass is 9.70. The van der Waals surface area contributed by atoms with Crippen molar-refractivity contribution < 1.29 is 9.18 Å². The molecule has 3 aromatic heterocycles. The van der Waals surface area contributed by atoms with Crippen LogP contribution in [0.15, 0.2) is 158 Å². The Bertz CT molecular complexity index is 2400. The van der Waals surface area contributed by atoms with E-state index in [1.807, 2.05) is 36.5 Å². The Hall–Kier alpha value is -6.14. The molecule has 7 aromatic rings. The highest BCUT2D eigenvalue weighted by molar-refractivity contribution is 6.01. The Balaban J connectivity index is 1.28. The summed E-state index contributed by atoms with van der Waals surface area (Å²) in [7, 11) is 0. The molecule has 0 radical (unpaired) electrons. The molecule has 9 rings (SSSR count). The fourth-order valence-corrected chi connectivity index (χ4v) is 7.86. The van der Waals surface area contributed by atoms with Crippen molar-refractivity contribution in [3.8, 4) is 33.6 Å². The lowest BCUT2D eigenvalue weighted by Gasteiger charge is -2.41. The summed E-state index contributed by atoms with van der Waals surface area (Å²) in [5.74, 6) is -0.0306. The van der Waals surface area contributed by atoms with Crippen LogP contribution in [0.3, 0.4) is 0 Å². The number of allylic oxidation sites excluding steroid dienone is 4. The van der Waals surface area contributed by atoms with E-state index in [-0.39, 0.29) is 17.5 Å². The van der Waals surface area contributed by atoms with E-state index in [0.717, 1.165) is 74.4 Å². The molecule has 0 saturated carbocycles. The number of ketones is 1. The van der Waals surface area contributed by atoms with Crippen LogP contribution in [0.5, 0.6) is 0 Å². The maximum Gasteiger partial charge on any atom is 0.163 e. The highest BCUT2D eigenvalue weighted by Gasteiger charge is 2.44. The van der Waals surface area contributed by atoms with Crippen LogP contribution >= 0.6 is 0 Å². The van der Waals surface area contributed by atoms with Gasteiger partial charge in [0.05, 0.1) is 11.9 Å². The molecular weight excluding hydrogens is 620 g/mol. The maximum absolute atomic E-state index is 14.3. The summed E-state index contributed by atoms with van der Waals surface area (Å²) in [6.07, 6.45) is 17.1. The number of aromatic nitrogens is 4. The van der Waals surface area contributed by atoms with E-state index in [0.29, 0.717) is 6.42 Å². The average molecular weight is 653 g/mol. The largest absolute Gasteiger partial charge is 0.299 e. The third-order valence-electron chi connectivity index (χ3n) is 10.3. The molecule has 0 bridgehead atoms. The second-order valence-corrected chi connectivity index (χ2v) is 13.1. The zero-order chi connectivity index (χ0) is 33.7. The number of carbonyl (C=O) groups excluding carboxylic acids is 1. The molecule has 242 valence electrons. The fourth-order valence-electron chi connectivity index (χ4n) is 7.86. The van der Waals surface area contributed by atoms with Crippen molar-refractivity contribution in [2.24, 2.45) is 5.92 Å². The topological polar surface area (TPSA) is 52.2 Å². The molecule has 2 aliphatic carbocycles. The van der Waals surface area contributed by atoms with Crippen LogP contribution in [0.4, 0.5) is 4.39 Å². The van der Waals surface area contributed by atoms with E-state index in [2.05, 4.69) is 106 Å². The number of rotatable bonds is 7. The fraction of sp³-hybridized carbons (Fsp3) is 0.114. The number of pyridine rings is 1. The first kappa shape index (κ1) is 30.0. The maximum atomic E-state index is 14.3. The van der Waals surface area contributed by atoms with Gasteiger partial charge in [-0.1, -0.05) is 97.1 Å². The van der Waals surface area contributed by atoms with Crippen LogP contribution in [0.2, 0.25) is 0 Å². The Morgan fingerprint density at radius 3 is 2.16 bits per heavy atom. The normalized spacial score (nSPS) is 15.5. The van der Waals surface area contributed by atoms with Crippen molar-refractivity contribution in [1.82, 2.24) is 19.2 Å². The van der Waals surface area contributed by atoms with Crippen molar-refractivity contribution >= 4 is 11.4 Å². The van der Waals surface area contributed by atoms with E-state index < -0.39 is 5.54 Å². The average Bonchev–Trinajstić information content (AvgIpc) is 3.91. The highest BCUT2D eigenvalue weighted by atomic mass is 19.1. The smallest absolute Gasteiger partial charge is 0.163 e. The molecule has 50 heavy (non-hydrogen) atoms. The standard InChI is InChI=1S/C44H33FN4O/c45-37-21-16-30(17-22-37)43-39(33-20-25-42-46-27-40(48(42)28-33)32-18-23-38-31(26-32)19-24-41(38)50)29-49(47-43)44(34-10-4-1-5-11-34,35-12-6-2-7-13-35)36-14-8-3-9-15-36/h1-14,16-18,20-23,25-29,36H,15,19,24H2. The second-order valence-electron chi connectivity index (χ2n) is 13.1. The monoisotopic (exact) mass is 652 g/mol. The van der Waals surface area contributed by atoms with Crippen LogP contribution in [-0.4, -0.2) is 24.9 Å². The van der Waals surface area contributed by atoms with Gasteiger partial charge in [0.1, 0.15) is 22.7 Å². The zero-order valence-corrected chi connectivity index (χ0v) is 27.3. The van der Waals surface area contributed by atoms with Crippen LogP contribution in [0.1, 0.15) is 39.9 Å². The van der Waals surface area contributed by atoms with Gasteiger partial charge in [-0.15, -0.1) is 0 Å². The molecule has 2 aliphatic rings. The molecule has 0 saturated heterocycles. The van der Waals surface area contributed by atoms with Gasteiger partial charge in [-0.05, 0) is 72.0 Å².